The van der Waals surface area contributed by atoms with Crippen LogP contribution in [0.2, 0.25) is 5.02 Å². The predicted octanol–water partition coefficient (Wildman–Crippen LogP) is 2.47. The van der Waals surface area contributed by atoms with E-state index in [4.69, 9.17) is 22.5 Å². The lowest BCUT2D eigenvalue weighted by atomic mass is 10.1. The van der Waals surface area contributed by atoms with Crippen LogP contribution in [0.3, 0.4) is 0 Å². The van der Waals surface area contributed by atoms with Crippen molar-refractivity contribution in [2.24, 2.45) is 10.9 Å². The van der Waals surface area contributed by atoms with Crippen LogP contribution < -0.4 is 5.73 Å². The minimum Gasteiger partial charge on any atom is -0.409 e. The smallest absolute Gasteiger partial charge is 0.254 e. The molecule has 0 heterocycles. The lowest BCUT2D eigenvalue weighted by molar-refractivity contribution is 0.0711. The standard InChI is InChI=1S/C13H17ClFN3O2/c1-8(2)18(6-5-12(16)17-20)13(19)9-3-4-11(15)10(14)7-9/h3-4,7-8,20H,5-6H2,1-2H3,(H2,16,17). The zero-order chi connectivity index (χ0) is 15.3. The van der Waals surface area contributed by atoms with Gasteiger partial charge in [0.15, 0.2) is 0 Å². The Labute approximate surface area is 121 Å². The molecule has 0 spiro atoms. The summed E-state index contributed by atoms with van der Waals surface area (Å²) in [7, 11) is 0. The highest BCUT2D eigenvalue weighted by Crippen LogP contribution is 2.18. The molecule has 0 aliphatic carbocycles. The Bertz CT molecular complexity index is 520. The third-order valence-electron chi connectivity index (χ3n) is 2.79. The molecule has 20 heavy (non-hydrogen) atoms. The molecule has 0 aliphatic heterocycles. The Morgan fingerprint density at radius 2 is 2.20 bits per heavy atom. The first-order chi connectivity index (χ1) is 9.36. The first-order valence-corrected chi connectivity index (χ1v) is 6.47. The molecule has 0 unspecified atom stereocenters. The lowest BCUT2D eigenvalue weighted by Gasteiger charge is -2.26. The molecule has 110 valence electrons. The summed E-state index contributed by atoms with van der Waals surface area (Å²) in [6.07, 6.45) is 0.245. The Kier molecular flexibility index (Phi) is 5.76. The van der Waals surface area contributed by atoms with Crippen molar-refractivity contribution in [1.29, 1.82) is 0 Å². The SMILES string of the molecule is CC(C)N(CC/C(N)=N/O)C(=O)c1ccc(F)c(Cl)c1. The zero-order valence-corrected chi connectivity index (χ0v) is 12.1. The molecular formula is C13H17ClFN3O2. The number of amidine groups is 1. The number of carbonyl (C=O) groups is 1. The minimum atomic E-state index is -0.573. The number of oxime groups is 1. The quantitative estimate of drug-likeness (QED) is 0.379. The minimum absolute atomic E-state index is 0.0422. The molecule has 5 nitrogen and oxygen atoms in total. The van der Waals surface area contributed by atoms with Crippen molar-refractivity contribution in [2.45, 2.75) is 26.3 Å². The third-order valence-corrected chi connectivity index (χ3v) is 3.08. The summed E-state index contributed by atoms with van der Waals surface area (Å²) < 4.78 is 13.1. The average Bonchev–Trinajstić information content (AvgIpc) is 2.41. The van der Waals surface area contributed by atoms with E-state index in [9.17, 15) is 9.18 Å². The van der Waals surface area contributed by atoms with Gasteiger partial charge >= 0.3 is 0 Å². The third kappa shape index (κ3) is 4.09. The van der Waals surface area contributed by atoms with Crippen LogP contribution in [0.1, 0.15) is 30.6 Å². The number of amides is 1. The van der Waals surface area contributed by atoms with Crippen LogP contribution >= 0.6 is 11.6 Å². The van der Waals surface area contributed by atoms with Crippen molar-refractivity contribution in [3.05, 3.63) is 34.6 Å². The number of nitrogens with two attached hydrogens (primary N) is 1. The number of carbonyl (C=O) groups excluding carboxylic acids is 1. The molecule has 0 bridgehead atoms. The summed E-state index contributed by atoms with van der Waals surface area (Å²) in [5, 5.41) is 11.3. The maximum Gasteiger partial charge on any atom is 0.254 e. The molecule has 7 heteroatoms. The highest BCUT2D eigenvalue weighted by Gasteiger charge is 2.19. The molecule has 0 saturated carbocycles. The van der Waals surface area contributed by atoms with E-state index in [1.54, 1.807) is 4.90 Å². The van der Waals surface area contributed by atoms with Gasteiger partial charge in [0.2, 0.25) is 0 Å². The molecule has 1 amide bonds. The highest BCUT2D eigenvalue weighted by atomic mass is 35.5. The van der Waals surface area contributed by atoms with Crippen molar-refractivity contribution in [1.82, 2.24) is 4.90 Å². The summed E-state index contributed by atoms with van der Waals surface area (Å²) in [6, 6.07) is 3.73. The van der Waals surface area contributed by atoms with E-state index in [1.165, 1.54) is 12.1 Å². The van der Waals surface area contributed by atoms with Gasteiger partial charge in [-0.3, -0.25) is 4.79 Å². The van der Waals surface area contributed by atoms with E-state index in [2.05, 4.69) is 5.16 Å². The molecule has 0 fully saturated rings. The number of hydrogen-bond donors (Lipinski definition) is 2. The summed E-state index contributed by atoms with van der Waals surface area (Å²) in [6.45, 7) is 3.98. The molecule has 1 aromatic carbocycles. The van der Waals surface area contributed by atoms with Crippen molar-refractivity contribution < 1.29 is 14.4 Å². The van der Waals surface area contributed by atoms with Gasteiger partial charge in [0, 0.05) is 24.6 Å². The summed E-state index contributed by atoms with van der Waals surface area (Å²) in [4.78, 5) is 13.9. The van der Waals surface area contributed by atoms with E-state index in [0.29, 0.717) is 12.1 Å². The molecule has 3 N–H and O–H groups in total. The number of benzene rings is 1. The van der Waals surface area contributed by atoms with Gasteiger partial charge in [-0.15, -0.1) is 0 Å². The Hall–Kier alpha value is -1.82. The van der Waals surface area contributed by atoms with Gasteiger partial charge in [0.1, 0.15) is 11.7 Å². The fourth-order valence-corrected chi connectivity index (χ4v) is 1.85. The van der Waals surface area contributed by atoms with Crippen LogP contribution in [-0.2, 0) is 0 Å². The van der Waals surface area contributed by atoms with Gasteiger partial charge in [-0.2, -0.15) is 0 Å². The van der Waals surface area contributed by atoms with E-state index < -0.39 is 5.82 Å². The van der Waals surface area contributed by atoms with E-state index in [0.717, 1.165) is 6.07 Å². The van der Waals surface area contributed by atoms with Gasteiger partial charge < -0.3 is 15.8 Å². The summed E-state index contributed by atoms with van der Waals surface area (Å²) in [5.74, 6) is -0.816. The van der Waals surface area contributed by atoms with Gasteiger partial charge in [0.05, 0.1) is 5.02 Å². The first kappa shape index (κ1) is 16.2. The Morgan fingerprint density at radius 1 is 1.55 bits per heavy atom. The topological polar surface area (TPSA) is 78.9 Å². The molecule has 0 saturated heterocycles. The molecule has 0 aromatic heterocycles. The van der Waals surface area contributed by atoms with Crippen LogP contribution in [0, 0.1) is 5.82 Å². The number of nitrogens with zero attached hydrogens (tertiary/aromatic N) is 2. The zero-order valence-electron chi connectivity index (χ0n) is 11.3. The van der Waals surface area contributed by atoms with Gasteiger partial charge in [0.25, 0.3) is 5.91 Å². The summed E-state index contributed by atoms with van der Waals surface area (Å²) >= 11 is 5.67. The Balaban J connectivity index is 2.90. The average molecular weight is 302 g/mol. The Morgan fingerprint density at radius 3 is 2.70 bits per heavy atom. The maximum atomic E-state index is 13.1. The fraction of sp³-hybridized carbons (Fsp3) is 0.385. The van der Waals surface area contributed by atoms with Gasteiger partial charge in [-0.05, 0) is 32.0 Å². The molecule has 1 aromatic rings. The van der Waals surface area contributed by atoms with Crippen molar-refractivity contribution in [2.75, 3.05) is 6.54 Å². The number of rotatable bonds is 5. The monoisotopic (exact) mass is 301 g/mol. The first-order valence-electron chi connectivity index (χ1n) is 6.09. The second-order valence-electron chi connectivity index (χ2n) is 4.56. The lowest BCUT2D eigenvalue weighted by Crippen LogP contribution is -2.39. The van der Waals surface area contributed by atoms with E-state index >= 15 is 0 Å². The molecular weight excluding hydrogens is 285 g/mol. The van der Waals surface area contributed by atoms with Crippen LogP contribution in [0.4, 0.5) is 4.39 Å². The van der Waals surface area contributed by atoms with Crippen LogP contribution in [-0.4, -0.2) is 34.4 Å². The second kappa shape index (κ2) is 7.09. The van der Waals surface area contributed by atoms with E-state index in [-0.39, 0.29) is 29.2 Å². The molecule has 0 radical (unpaired) electrons. The predicted molar refractivity (Wildman–Crippen MR) is 75.6 cm³/mol. The van der Waals surface area contributed by atoms with Crippen molar-refractivity contribution >= 4 is 23.3 Å². The number of halogens is 2. The molecule has 0 atom stereocenters. The highest BCUT2D eigenvalue weighted by molar-refractivity contribution is 6.31. The van der Waals surface area contributed by atoms with E-state index in [1.807, 2.05) is 13.8 Å². The number of hydrogen-bond acceptors (Lipinski definition) is 3. The fourth-order valence-electron chi connectivity index (χ4n) is 1.67. The van der Waals surface area contributed by atoms with Crippen LogP contribution in [0.5, 0.6) is 0 Å². The summed E-state index contributed by atoms with van der Waals surface area (Å²) in [5.41, 5.74) is 5.69. The second-order valence-corrected chi connectivity index (χ2v) is 4.97. The van der Waals surface area contributed by atoms with Gasteiger partial charge in [-0.25, -0.2) is 4.39 Å². The van der Waals surface area contributed by atoms with Gasteiger partial charge in [-0.1, -0.05) is 16.8 Å². The van der Waals surface area contributed by atoms with Crippen molar-refractivity contribution in [3.8, 4) is 0 Å². The van der Waals surface area contributed by atoms with Crippen molar-refractivity contribution in [3.63, 3.8) is 0 Å². The molecule has 1 rings (SSSR count). The maximum absolute atomic E-state index is 13.1. The van der Waals surface area contributed by atoms with Crippen LogP contribution in [0.15, 0.2) is 23.4 Å². The van der Waals surface area contributed by atoms with Crippen LogP contribution in [0.25, 0.3) is 0 Å². The molecule has 0 aliphatic rings. The largest absolute Gasteiger partial charge is 0.409 e. The normalized spacial score (nSPS) is 11.8.